The minimum atomic E-state index is -4.85. The SMILES string of the molecule is O=C(NCc1ccccc1OC(F)(F)F)C1CCN(S(=O)(=O)c2ccc(F)c(Cl)c2)CC1. The third-order valence-electron chi connectivity index (χ3n) is 5.00. The number of rotatable bonds is 6. The summed E-state index contributed by atoms with van der Waals surface area (Å²) in [7, 11) is -3.90. The summed E-state index contributed by atoms with van der Waals surface area (Å²) in [6.07, 6.45) is -4.41. The van der Waals surface area contributed by atoms with Gasteiger partial charge in [-0.25, -0.2) is 12.8 Å². The van der Waals surface area contributed by atoms with Gasteiger partial charge < -0.3 is 10.1 Å². The quantitative estimate of drug-likeness (QED) is 0.614. The molecule has 0 unspecified atom stereocenters. The molecule has 1 saturated heterocycles. The topological polar surface area (TPSA) is 75.7 Å². The zero-order chi connectivity index (χ0) is 23.5. The van der Waals surface area contributed by atoms with E-state index >= 15 is 0 Å². The van der Waals surface area contributed by atoms with Crippen molar-refractivity contribution in [3.8, 4) is 5.75 Å². The number of carbonyl (C=O) groups excluding carboxylic acids is 1. The summed E-state index contributed by atoms with van der Waals surface area (Å²) < 4.78 is 81.5. The first kappa shape index (κ1) is 24.3. The Kier molecular flexibility index (Phi) is 7.31. The summed E-state index contributed by atoms with van der Waals surface area (Å²) in [6.45, 7) is -0.0515. The number of nitrogens with zero attached hydrogens (tertiary/aromatic N) is 1. The van der Waals surface area contributed by atoms with E-state index in [0.717, 1.165) is 24.3 Å². The van der Waals surface area contributed by atoms with Crippen LogP contribution in [0.1, 0.15) is 18.4 Å². The van der Waals surface area contributed by atoms with Crippen molar-refractivity contribution in [3.05, 3.63) is 58.9 Å². The Hall–Kier alpha value is -2.37. The molecule has 1 heterocycles. The number of ether oxygens (including phenoxy) is 1. The smallest absolute Gasteiger partial charge is 0.405 e. The van der Waals surface area contributed by atoms with Crippen molar-refractivity contribution in [2.45, 2.75) is 30.6 Å². The highest BCUT2D eigenvalue weighted by Crippen LogP contribution is 2.28. The largest absolute Gasteiger partial charge is 0.573 e. The van der Waals surface area contributed by atoms with Gasteiger partial charge in [0, 0.05) is 31.1 Å². The fourth-order valence-electron chi connectivity index (χ4n) is 3.35. The van der Waals surface area contributed by atoms with E-state index in [1.807, 2.05) is 0 Å². The molecule has 1 fully saturated rings. The first-order valence-electron chi connectivity index (χ1n) is 9.54. The van der Waals surface area contributed by atoms with Crippen LogP contribution in [0, 0.1) is 11.7 Å². The van der Waals surface area contributed by atoms with E-state index in [1.54, 1.807) is 0 Å². The molecule has 0 saturated carbocycles. The van der Waals surface area contributed by atoms with Crippen LogP contribution in [0.4, 0.5) is 17.6 Å². The normalized spacial score (nSPS) is 16.0. The molecule has 6 nitrogen and oxygen atoms in total. The molecule has 2 aromatic carbocycles. The molecule has 1 N–H and O–H groups in total. The van der Waals surface area contributed by atoms with Crippen LogP contribution in [0.15, 0.2) is 47.4 Å². The molecular formula is C20H19ClF4N2O4S. The van der Waals surface area contributed by atoms with Crippen LogP contribution >= 0.6 is 11.6 Å². The zero-order valence-corrected chi connectivity index (χ0v) is 18.1. The zero-order valence-electron chi connectivity index (χ0n) is 16.5. The van der Waals surface area contributed by atoms with Gasteiger partial charge in [-0.1, -0.05) is 29.8 Å². The van der Waals surface area contributed by atoms with Crippen LogP contribution in [0.5, 0.6) is 5.75 Å². The van der Waals surface area contributed by atoms with E-state index in [0.29, 0.717) is 0 Å². The van der Waals surface area contributed by atoms with E-state index < -0.39 is 39.8 Å². The molecule has 32 heavy (non-hydrogen) atoms. The molecule has 0 aromatic heterocycles. The molecule has 2 aromatic rings. The van der Waals surface area contributed by atoms with Gasteiger partial charge in [0.05, 0.1) is 9.92 Å². The van der Waals surface area contributed by atoms with Gasteiger partial charge in [-0.2, -0.15) is 4.31 Å². The summed E-state index contributed by atoms with van der Waals surface area (Å²) >= 11 is 5.67. The maximum Gasteiger partial charge on any atom is 0.573 e. The van der Waals surface area contributed by atoms with Gasteiger partial charge in [0.1, 0.15) is 11.6 Å². The first-order valence-corrected chi connectivity index (χ1v) is 11.4. The number of amides is 1. The molecule has 174 valence electrons. The second kappa shape index (κ2) is 9.63. The molecule has 0 aliphatic carbocycles. The molecule has 0 radical (unpaired) electrons. The van der Waals surface area contributed by atoms with Crippen LogP contribution in [-0.2, 0) is 21.4 Å². The average molecular weight is 495 g/mol. The third kappa shape index (κ3) is 5.90. The maximum atomic E-state index is 13.3. The first-order chi connectivity index (χ1) is 15.0. The Labute approximate surface area is 187 Å². The third-order valence-corrected chi connectivity index (χ3v) is 7.19. The number of piperidine rings is 1. The van der Waals surface area contributed by atoms with Gasteiger partial charge in [-0.3, -0.25) is 4.79 Å². The van der Waals surface area contributed by atoms with Gasteiger partial charge in [0.15, 0.2) is 0 Å². The Bertz CT molecular complexity index is 1090. The lowest BCUT2D eigenvalue weighted by Crippen LogP contribution is -2.42. The summed E-state index contributed by atoms with van der Waals surface area (Å²) in [4.78, 5) is 12.3. The molecule has 0 spiro atoms. The fourth-order valence-corrected chi connectivity index (χ4v) is 5.09. The van der Waals surface area contributed by atoms with E-state index in [4.69, 9.17) is 11.6 Å². The average Bonchev–Trinajstić information content (AvgIpc) is 2.73. The monoisotopic (exact) mass is 494 g/mol. The Morgan fingerprint density at radius 1 is 1.16 bits per heavy atom. The number of benzene rings is 2. The highest BCUT2D eigenvalue weighted by Gasteiger charge is 2.33. The van der Waals surface area contributed by atoms with Crippen molar-refractivity contribution in [3.63, 3.8) is 0 Å². The summed E-state index contributed by atoms with van der Waals surface area (Å²) in [6, 6.07) is 8.59. The predicted octanol–water partition coefficient (Wildman–Crippen LogP) is 4.09. The number of halogens is 5. The number of carbonyl (C=O) groups is 1. The van der Waals surface area contributed by atoms with Gasteiger partial charge in [0.25, 0.3) is 0 Å². The maximum absolute atomic E-state index is 13.3. The van der Waals surface area contributed by atoms with Crippen molar-refractivity contribution < 1.29 is 35.5 Å². The highest BCUT2D eigenvalue weighted by atomic mass is 35.5. The lowest BCUT2D eigenvalue weighted by molar-refractivity contribution is -0.274. The molecule has 1 aliphatic heterocycles. The van der Waals surface area contributed by atoms with Crippen molar-refractivity contribution in [2.24, 2.45) is 5.92 Å². The molecule has 3 rings (SSSR count). The standard InChI is InChI=1S/C20H19ClF4N2O4S/c21-16-11-15(5-6-17(16)22)32(29,30)27-9-7-13(8-10-27)19(28)26-12-14-3-1-2-4-18(14)31-20(23,24)25/h1-6,11,13H,7-10,12H2,(H,26,28). The van der Waals surface area contributed by atoms with Crippen LogP contribution in [0.25, 0.3) is 0 Å². The summed E-state index contributed by atoms with van der Waals surface area (Å²) in [5.74, 6) is -2.04. The van der Waals surface area contributed by atoms with Gasteiger partial charge in [0.2, 0.25) is 15.9 Å². The van der Waals surface area contributed by atoms with E-state index in [-0.39, 0.29) is 48.0 Å². The molecular weight excluding hydrogens is 476 g/mol. The Balaban J connectivity index is 1.58. The number of hydrogen-bond donors (Lipinski definition) is 1. The molecule has 0 atom stereocenters. The second-order valence-corrected chi connectivity index (χ2v) is 9.47. The number of alkyl halides is 3. The van der Waals surface area contributed by atoms with E-state index in [9.17, 15) is 30.8 Å². The van der Waals surface area contributed by atoms with Crippen molar-refractivity contribution in [2.75, 3.05) is 13.1 Å². The van der Waals surface area contributed by atoms with Crippen molar-refractivity contribution >= 4 is 27.5 Å². The number of nitrogens with one attached hydrogen (secondary N) is 1. The molecule has 12 heteroatoms. The minimum absolute atomic E-state index is 0.0587. The van der Waals surface area contributed by atoms with Crippen molar-refractivity contribution in [1.82, 2.24) is 9.62 Å². The van der Waals surface area contributed by atoms with E-state index in [2.05, 4.69) is 10.1 Å². The number of para-hydroxylation sites is 1. The Morgan fingerprint density at radius 3 is 2.44 bits per heavy atom. The number of hydrogen-bond acceptors (Lipinski definition) is 4. The highest BCUT2D eigenvalue weighted by molar-refractivity contribution is 7.89. The van der Waals surface area contributed by atoms with Crippen LogP contribution in [0.3, 0.4) is 0 Å². The van der Waals surface area contributed by atoms with Gasteiger partial charge in [-0.05, 0) is 37.1 Å². The van der Waals surface area contributed by atoms with Crippen LogP contribution < -0.4 is 10.1 Å². The fraction of sp³-hybridized carbons (Fsp3) is 0.350. The van der Waals surface area contributed by atoms with Gasteiger partial charge in [-0.15, -0.1) is 13.2 Å². The second-order valence-electron chi connectivity index (χ2n) is 7.13. The van der Waals surface area contributed by atoms with Crippen molar-refractivity contribution in [1.29, 1.82) is 0 Å². The molecule has 1 aliphatic rings. The van der Waals surface area contributed by atoms with E-state index in [1.165, 1.54) is 22.5 Å². The minimum Gasteiger partial charge on any atom is -0.405 e. The summed E-state index contributed by atoms with van der Waals surface area (Å²) in [5, 5.41) is 2.27. The van der Waals surface area contributed by atoms with Crippen LogP contribution in [-0.4, -0.2) is 38.1 Å². The van der Waals surface area contributed by atoms with Gasteiger partial charge >= 0.3 is 6.36 Å². The Morgan fingerprint density at radius 2 is 1.81 bits per heavy atom. The van der Waals surface area contributed by atoms with Crippen LogP contribution in [0.2, 0.25) is 5.02 Å². The lowest BCUT2D eigenvalue weighted by atomic mass is 9.97. The molecule has 1 amide bonds. The number of sulfonamides is 1. The molecule has 0 bridgehead atoms. The predicted molar refractivity (Wildman–Crippen MR) is 108 cm³/mol. The summed E-state index contributed by atoms with van der Waals surface area (Å²) in [5.41, 5.74) is 0.159. The lowest BCUT2D eigenvalue weighted by Gasteiger charge is -2.30.